The highest BCUT2D eigenvalue weighted by atomic mass is 16.5. The number of hydrogen-bond acceptors (Lipinski definition) is 4. The van der Waals surface area contributed by atoms with Crippen molar-refractivity contribution in [2.24, 2.45) is 0 Å². The van der Waals surface area contributed by atoms with Gasteiger partial charge in [-0.3, -0.25) is 14.8 Å². The Hall–Kier alpha value is -2.38. The van der Waals surface area contributed by atoms with Crippen molar-refractivity contribution in [3.8, 4) is 0 Å². The molecule has 1 heterocycles. The smallest absolute Gasteiger partial charge is 0.268 e. The SMILES string of the molecule is CC(O)C(NC(=O)c1c[nH]c2ccccc12)C(=O)NO. The van der Waals surface area contributed by atoms with Gasteiger partial charge in [-0.05, 0) is 13.0 Å². The number of benzene rings is 1. The minimum Gasteiger partial charge on any atom is -0.391 e. The molecule has 0 saturated heterocycles. The van der Waals surface area contributed by atoms with Crippen LogP contribution < -0.4 is 10.8 Å². The Morgan fingerprint density at radius 1 is 1.30 bits per heavy atom. The minimum absolute atomic E-state index is 0.358. The number of aliphatic hydroxyl groups is 1. The van der Waals surface area contributed by atoms with Crippen molar-refractivity contribution in [2.45, 2.75) is 19.1 Å². The molecular formula is C13H15N3O4. The quantitative estimate of drug-likeness (QED) is 0.404. The third-order valence-electron chi connectivity index (χ3n) is 3.00. The molecule has 0 fully saturated rings. The average molecular weight is 277 g/mol. The Morgan fingerprint density at radius 2 is 2.00 bits per heavy atom. The zero-order valence-corrected chi connectivity index (χ0v) is 10.8. The van der Waals surface area contributed by atoms with E-state index in [4.69, 9.17) is 5.21 Å². The number of rotatable bonds is 4. The summed E-state index contributed by atoms with van der Waals surface area (Å²) in [7, 11) is 0. The predicted octanol–water partition coefficient (Wildman–Crippen LogP) is 0.152. The fraction of sp³-hybridized carbons (Fsp3) is 0.231. The zero-order valence-electron chi connectivity index (χ0n) is 10.8. The first-order valence-corrected chi connectivity index (χ1v) is 6.03. The van der Waals surface area contributed by atoms with Crippen molar-refractivity contribution in [2.75, 3.05) is 0 Å². The second-order valence-electron chi connectivity index (χ2n) is 4.42. The molecule has 0 bridgehead atoms. The van der Waals surface area contributed by atoms with Gasteiger partial charge >= 0.3 is 0 Å². The number of H-pyrrole nitrogens is 1. The molecule has 2 aromatic rings. The lowest BCUT2D eigenvalue weighted by atomic mass is 10.1. The van der Waals surface area contributed by atoms with Crippen LogP contribution in [0.4, 0.5) is 0 Å². The number of para-hydroxylation sites is 1. The monoisotopic (exact) mass is 277 g/mol. The molecule has 0 aliphatic rings. The molecule has 7 heteroatoms. The lowest BCUT2D eigenvalue weighted by molar-refractivity contribution is -0.133. The summed E-state index contributed by atoms with van der Waals surface area (Å²) < 4.78 is 0. The summed E-state index contributed by atoms with van der Waals surface area (Å²) in [5.41, 5.74) is 2.56. The van der Waals surface area contributed by atoms with E-state index in [1.54, 1.807) is 12.1 Å². The molecule has 2 unspecified atom stereocenters. The van der Waals surface area contributed by atoms with Crippen LogP contribution in [0.5, 0.6) is 0 Å². The largest absolute Gasteiger partial charge is 0.391 e. The van der Waals surface area contributed by atoms with Gasteiger partial charge < -0.3 is 15.4 Å². The molecule has 2 atom stereocenters. The Kier molecular flexibility index (Phi) is 4.02. The number of amides is 2. The topological polar surface area (TPSA) is 114 Å². The summed E-state index contributed by atoms with van der Waals surface area (Å²) in [5.74, 6) is -1.40. The van der Waals surface area contributed by atoms with E-state index in [0.717, 1.165) is 5.52 Å². The summed E-state index contributed by atoms with van der Waals surface area (Å²) in [6.07, 6.45) is 0.381. The van der Waals surface area contributed by atoms with Gasteiger partial charge in [-0.15, -0.1) is 0 Å². The van der Waals surface area contributed by atoms with Crippen molar-refractivity contribution < 1.29 is 19.9 Å². The average Bonchev–Trinajstić information content (AvgIpc) is 2.87. The second kappa shape index (κ2) is 5.72. The molecule has 1 aromatic carbocycles. The van der Waals surface area contributed by atoms with E-state index < -0.39 is 24.0 Å². The zero-order chi connectivity index (χ0) is 14.7. The van der Waals surface area contributed by atoms with Gasteiger partial charge in [0, 0.05) is 17.1 Å². The van der Waals surface area contributed by atoms with Gasteiger partial charge in [0.1, 0.15) is 6.04 Å². The van der Waals surface area contributed by atoms with Crippen LogP contribution >= 0.6 is 0 Å². The van der Waals surface area contributed by atoms with E-state index in [2.05, 4.69) is 10.3 Å². The number of nitrogens with one attached hydrogen (secondary N) is 3. The second-order valence-corrected chi connectivity index (χ2v) is 4.42. The van der Waals surface area contributed by atoms with Crippen LogP contribution in [-0.2, 0) is 4.79 Å². The number of carbonyl (C=O) groups excluding carboxylic acids is 2. The highest BCUT2D eigenvalue weighted by Gasteiger charge is 2.26. The summed E-state index contributed by atoms with van der Waals surface area (Å²) in [6, 6.07) is 5.97. The highest BCUT2D eigenvalue weighted by molar-refractivity contribution is 6.07. The van der Waals surface area contributed by atoms with Crippen LogP contribution in [0.1, 0.15) is 17.3 Å². The number of aromatic amines is 1. The molecule has 0 spiro atoms. The lowest BCUT2D eigenvalue weighted by Crippen LogP contribution is -2.51. The Balaban J connectivity index is 2.25. The van der Waals surface area contributed by atoms with Crippen LogP contribution in [0, 0.1) is 0 Å². The molecule has 7 nitrogen and oxygen atoms in total. The van der Waals surface area contributed by atoms with Gasteiger partial charge in [-0.2, -0.15) is 0 Å². The van der Waals surface area contributed by atoms with E-state index in [9.17, 15) is 14.7 Å². The van der Waals surface area contributed by atoms with Crippen LogP contribution in [0.2, 0.25) is 0 Å². The fourth-order valence-electron chi connectivity index (χ4n) is 1.95. The molecular weight excluding hydrogens is 262 g/mol. The molecule has 2 rings (SSSR count). The number of hydrogen-bond donors (Lipinski definition) is 5. The number of hydroxylamine groups is 1. The number of aliphatic hydroxyl groups excluding tert-OH is 1. The van der Waals surface area contributed by atoms with E-state index in [0.29, 0.717) is 10.9 Å². The van der Waals surface area contributed by atoms with Crippen molar-refractivity contribution in [3.05, 3.63) is 36.0 Å². The highest BCUT2D eigenvalue weighted by Crippen LogP contribution is 2.17. The summed E-state index contributed by atoms with van der Waals surface area (Å²) in [5, 5.41) is 21.2. The van der Waals surface area contributed by atoms with E-state index in [1.807, 2.05) is 12.1 Å². The first-order chi connectivity index (χ1) is 9.54. The minimum atomic E-state index is -1.24. The van der Waals surface area contributed by atoms with Gasteiger partial charge in [0.05, 0.1) is 11.7 Å². The lowest BCUT2D eigenvalue weighted by Gasteiger charge is -2.18. The Bertz CT molecular complexity index is 635. The van der Waals surface area contributed by atoms with Gasteiger partial charge in [0.15, 0.2) is 0 Å². The van der Waals surface area contributed by atoms with Crippen LogP contribution in [-0.4, -0.2) is 39.3 Å². The molecule has 0 aliphatic carbocycles. The van der Waals surface area contributed by atoms with E-state index in [1.165, 1.54) is 18.6 Å². The Labute approximate surface area is 114 Å². The summed E-state index contributed by atoms with van der Waals surface area (Å²) >= 11 is 0. The number of aromatic nitrogens is 1. The van der Waals surface area contributed by atoms with Crippen LogP contribution in [0.3, 0.4) is 0 Å². The fourth-order valence-corrected chi connectivity index (χ4v) is 1.95. The maximum atomic E-state index is 12.2. The molecule has 5 N–H and O–H groups in total. The normalized spacial score (nSPS) is 13.8. The summed E-state index contributed by atoms with van der Waals surface area (Å²) in [6.45, 7) is 1.34. The maximum absolute atomic E-state index is 12.2. The molecule has 0 saturated carbocycles. The Morgan fingerprint density at radius 3 is 2.65 bits per heavy atom. The van der Waals surface area contributed by atoms with E-state index >= 15 is 0 Å². The van der Waals surface area contributed by atoms with Gasteiger partial charge in [0.25, 0.3) is 11.8 Å². The third kappa shape index (κ3) is 2.63. The number of fused-ring (bicyclic) bond motifs is 1. The first-order valence-electron chi connectivity index (χ1n) is 6.03. The third-order valence-corrected chi connectivity index (χ3v) is 3.00. The van der Waals surface area contributed by atoms with Crippen molar-refractivity contribution in [1.82, 2.24) is 15.8 Å². The van der Waals surface area contributed by atoms with Gasteiger partial charge in [-0.1, -0.05) is 18.2 Å². The van der Waals surface area contributed by atoms with E-state index in [-0.39, 0.29) is 0 Å². The predicted molar refractivity (Wildman–Crippen MR) is 71.2 cm³/mol. The first kappa shape index (κ1) is 14.0. The van der Waals surface area contributed by atoms with Crippen LogP contribution in [0.15, 0.2) is 30.5 Å². The van der Waals surface area contributed by atoms with Gasteiger partial charge in [-0.25, -0.2) is 5.48 Å². The standard InChI is InChI=1S/C13H15N3O4/c1-7(17)11(13(19)16-20)15-12(18)9-6-14-10-5-3-2-4-8(9)10/h2-7,11,14,17,20H,1H3,(H,15,18)(H,16,19). The number of carbonyl (C=O) groups is 2. The van der Waals surface area contributed by atoms with Crippen molar-refractivity contribution in [1.29, 1.82) is 0 Å². The molecule has 2 amide bonds. The van der Waals surface area contributed by atoms with Crippen molar-refractivity contribution in [3.63, 3.8) is 0 Å². The molecule has 1 aromatic heterocycles. The molecule has 20 heavy (non-hydrogen) atoms. The summed E-state index contributed by atoms with van der Waals surface area (Å²) in [4.78, 5) is 26.5. The molecule has 0 radical (unpaired) electrons. The maximum Gasteiger partial charge on any atom is 0.268 e. The molecule has 106 valence electrons. The van der Waals surface area contributed by atoms with Crippen molar-refractivity contribution >= 4 is 22.7 Å². The van der Waals surface area contributed by atoms with Gasteiger partial charge in [0.2, 0.25) is 0 Å². The molecule has 0 aliphatic heterocycles. The van der Waals surface area contributed by atoms with Crippen LogP contribution in [0.25, 0.3) is 10.9 Å².